The van der Waals surface area contributed by atoms with E-state index in [0.717, 1.165) is 11.3 Å². The molecule has 2 aromatic carbocycles. The van der Waals surface area contributed by atoms with E-state index in [9.17, 15) is 14.4 Å². The number of carbonyl (C=O) groups is 3. The van der Waals surface area contributed by atoms with Crippen molar-refractivity contribution in [3.8, 4) is 0 Å². The molecule has 0 bridgehead atoms. The molecule has 1 fully saturated rings. The third-order valence-corrected chi connectivity index (χ3v) is 4.86. The van der Waals surface area contributed by atoms with Gasteiger partial charge in [0.25, 0.3) is 0 Å². The first-order valence-electron chi connectivity index (χ1n) is 8.64. The Labute approximate surface area is 153 Å². The Morgan fingerprint density at radius 2 is 1.73 bits per heavy atom. The summed E-state index contributed by atoms with van der Waals surface area (Å²) in [6.07, 6.45) is 0.186. The van der Waals surface area contributed by atoms with Gasteiger partial charge in [0.05, 0.1) is 5.92 Å². The summed E-state index contributed by atoms with van der Waals surface area (Å²) in [6, 6.07) is 12.7. The SMILES string of the molecule is CC(=O)c1ccc(N2CC(C(=O)Nc3ccc(C)c(C)c3)CC2=O)cc1. The first kappa shape index (κ1) is 17.9. The van der Waals surface area contributed by atoms with E-state index in [1.54, 1.807) is 29.2 Å². The molecule has 1 unspecified atom stereocenters. The first-order valence-corrected chi connectivity index (χ1v) is 8.64. The Kier molecular flexibility index (Phi) is 4.89. The Morgan fingerprint density at radius 1 is 1.04 bits per heavy atom. The summed E-state index contributed by atoms with van der Waals surface area (Å²) < 4.78 is 0. The molecule has 26 heavy (non-hydrogen) atoms. The van der Waals surface area contributed by atoms with Gasteiger partial charge in [-0.15, -0.1) is 0 Å². The van der Waals surface area contributed by atoms with Crippen LogP contribution in [-0.4, -0.2) is 24.1 Å². The van der Waals surface area contributed by atoms with Crippen molar-refractivity contribution >= 4 is 29.0 Å². The lowest BCUT2D eigenvalue weighted by Crippen LogP contribution is -2.28. The van der Waals surface area contributed by atoms with Crippen LogP contribution < -0.4 is 10.2 Å². The highest BCUT2D eigenvalue weighted by Gasteiger charge is 2.35. The molecule has 1 saturated heterocycles. The zero-order valence-electron chi connectivity index (χ0n) is 15.2. The van der Waals surface area contributed by atoms with Crippen LogP contribution in [0.2, 0.25) is 0 Å². The first-order chi connectivity index (χ1) is 12.3. The van der Waals surface area contributed by atoms with E-state index in [1.165, 1.54) is 12.5 Å². The monoisotopic (exact) mass is 350 g/mol. The quantitative estimate of drug-likeness (QED) is 0.858. The second-order valence-corrected chi connectivity index (χ2v) is 6.80. The maximum Gasteiger partial charge on any atom is 0.229 e. The highest BCUT2D eigenvalue weighted by atomic mass is 16.2. The molecular formula is C21H22N2O3. The van der Waals surface area contributed by atoms with Gasteiger partial charge in [-0.1, -0.05) is 6.07 Å². The summed E-state index contributed by atoms with van der Waals surface area (Å²) in [5, 5.41) is 2.91. The number of amides is 2. The van der Waals surface area contributed by atoms with Crippen LogP contribution in [0.25, 0.3) is 0 Å². The van der Waals surface area contributed by atoms with Gasteiger partial charge in [-0.05, 0) is 68.3 Å². The molecule has 1 atom stereocenters. The molecule has 5 nitrogen and oxygen atoms in total. The van der Waals surface area contributed by atoms with Crippen molar-refractivity contribution in [3.63, 3.8) is 0 Å². The van der Waals surface area contributed by atoms with Crippen LogP contribution >= 0.6 is 0 Å². The average Bonchev–Trinajstić information content (AvgIpc) is 3.00. The zero-order chi connectivity index (χ0) is 18.8. The minimum atomic E-state index is -0.392. The van der Waals surface area contributed by atoms with Crippen LogP contribution in [0.4, 0.5) is 11.4 Å². The zero-order valence-corrected chi connectivity index (χ0v) is 15.2. The Bertz CT molecular complexity index is 871. The number of ketones is 1. The van der Waals surface area contributed by atoms with Crippen molar-refractivity contribution in [2.45, 2.75) is 27.2 Å². The molecule has 3 rings (SSSR count). The number of hydrogen-bond donors (Lipinski definition) is 1. The lowest BCUT2D eigenvalue weighted by molar-refractivity contribution is -0.122. The second-order valence-electron chi connectivity index (χ2n) is 6.80. The van der Waals surface area contributed by atoms with Crippen LogP contribution in [0.15, 0.2) is 42.5 Å². The molecule has 1 heterocycles. The standard InChI is InChI=1S/C21H22N2O3/c1-13-4-7-18(10-14(13)2)22-21(26)17-11-20(25)23(12-17)19-8-5-16(6-9-19)15(3)24/h4-10,17H,11-12H2,1-3H3,(H,22,26). The summed E-state index contributed by atoms with van der Waals surface area (Å²) >= 11 is 0. The molecule has 1 aliphatic heterocycles. The van der Waals surface area contributed by atoms with Gasteiger partial charge in [0.2, 0.25) is 11.8 Å². The van der Waals surface area contributed by atoms with Crippen LogP contribution in [0.1, 0.15) is 34.8 Å². The number of rotatable bonds is 4. The smallest absolute Gasteiger partial charge is 0.229 e. The Hall–Kier alpha value is -2.95. The van der Waals surface area contributed by atoms with Gasteiger partial charge in [0, 0.05) is 29.9 Å². The molecule has 1 N–H and O–H groups in total. The van der Waals surface area contributed by atoms with E-state index in [-0.39, 0.29) is 24.0 Å². The predicted octanol–water partition coefficient (Wildman–Crippen LogP) is 3.50. The van der Waals surface area contributed by atoms with Gasteiger partial charge in [-0.3, -0.25) is 14.4 Å². The van der Waals surface area contributed by atoms with Gasteiger partial charge >= 0.3 is 0 Å². The van der Waals surface area contributed by atoms with Gasteiger partial charge in [-0.2, -0.15) is 0 Å². The van der Waals surface area contributed by atoms with Crippen molar-refractivity contribution in [2.75, 3.05) is 16.8 Å². The summed E-state index contributed by atoms with van der Waals surface area (Å²) in [5.41, 5.74) is 4.33. The van der Waals surface area contributed by atoms with Crippen LogP contribution in [0.3, 0.4) is 0 Å². The topological polar surface area (TPSA) is 66.5 Å². The number of nitrogens with one attached hydrogen (secondary N) is 1. The molecule has 0 aromatic heterocycles. The minimum absolute atomic E-state index is 0.0186. The number of Topliss-reactive ketones (excluding diaryl/α,β-unsaturated/α-hetero) is 1. The Morgan fingerprint density at radius 3 is 2.35 bits per heavy atom. The summed E-state index contributed by atoms with van der Waals surface area (Å²) in [6.45, 7) is 5.86. The molecule has 5 heteroatoms. The summed E-state index contributed by atoms with van der Waals surface area (Å²) in [7, 11) is 0. The maximum absolute atomic E-state index is 12.5. The van der Waals surface area contributed by atoms with Crippen LogP contribution in [0.5, 0.6) is 0 Å². The molecular weight excluding hydrogens is 328 g/mol. The molecule has 0 aliphatic carbocycles. The molecule has 0 spiro atoms. The number of nitrogens with zero attached hydrogens (tertiary/aromatic N) is 1. The van der Waals surface area contributed by atoms with Gasteiger partial charge in [0.1, 0.15) is 0 Å². The highest BCUT2D eigenvalue weighted by molar-refractivity contribution is 6.04. The van der Waals surface area contributed by atoms with E-state index >= 15 is 0 Å². The van der Waals surface area contributed by atoms with E-state index < -0.39 is 5.92 Å². The van der Waals surface area contributed by atoms with E-state index in [4.69, 9.17) is 0 Å². The lowest BCUT2D eigenvalue weighted by Gasteiger charge is -2.17. The Balaban J connectivity index is 1.69. The average molecular weight is 350 g/mol. The van der Waals surface area contributed by atoms with Crippen molar-refractivity contribution in [1.82, 2.24) is 0 Å². The van der Waals surface area contributed by atoms with Crippen molar-refractivity contribution in [2.24, 2.45) is 5.92 Å². The lowest BCUT2D eigenvalue weighted by atomic mass is 10.1. The van der Waals surface area contributed by atoms with E-state index in [2.05, 4.69) is 5.32 Å². The van der Waals surface area contributed by atoms with Crippen molar-refractivity contribution in [3.05, 3.63) is 59.2 Å². The van der Waals surface area contributed by atoms with Crippen LogP contribution in [0, 0.1) is 19.8 Å². The molecule has 2 aromatic rings. The molecule has 2 amide bonds. The number of anilines is 2. The molecule has 1 aliphatic rings. The van der Waals surface area contributed by atoms with Crippen LogP contribution in [-0.2, 0) is 9.59 Å². The fourth-order valence-corrected chi connectivity index (χ4v) is 3.07. The number of hydrogen-bond acceptors (Lipinski definition) is 3. The van der Waals surface area contributed by atoms with Crippen molar-refractivity contribution < 1.29 is 14.4 Å². The predicted molar refractivity (Wildman–Crippen MR) is 101 cm³/mol. The molecule has 0 saturated carbocycles. The molecule has 134 valence electrons. The number of benzene rings is 2. The number of aryl methyl sites for hydroxylation is 2. The highest BCUT2D eigenvalue weighted by Crippen LogP contribution is 2.26. The van der Waals surface area contributed by atoms with Crippen molar-refractivity contribution in [1.29, 1.82) is 0 Å². The summed E-state index contributed by atoms with van der Waals surface area (Å²) in [4.78, 5) is 37.9. The maximum atomic E-state index is 12.5. The second kappa shape index (κ2) is 7.12. The largest absolute Gasteiger partial charge is 0.326 e. The van der Waals surface area contributed by atoms with Gasteiger partial charge in [-0.25, -0.2) is 0 Å². The van der Waals surface area contributed by atoms with Gasteiger partial charge in [0.15, 0.2) is 5.78 Å². The minimum Gasteiger partial charge on any atom is -0.326 e. The normalized spacial score (nSPS) is 16.7. The van der Waals surface area contributed by atoms with Gasteiger partial charge < -0.3 is 10.2 Å². The third-order valence-electron chi connectivity index (χ3n) is 4.86. The fourth-order valence-electron chi connectivity index (χ4n) is 3.07. The van der Waals surface area contributed by atoms with E-state index in [0.29, 0.717) is 17.8 Å². The van der Waals surface area contributed by atoms with E-state index in [1.807, 2.05) is 32.0 Å². The fraction of sp³-hybridized carbons (Fsp3) is 0.286. The summed E-state index contributed by atoms with van der Waals surface area (Å²) in [5.74, 6) is -0.642. The third kappa shape index (κ3) is 3.67. The molecule has 0 radical (unpaired) electrons. The number of carbonyl (C=O) groups excluding carboxylic acids is 3.